The molecule has 4 rings (SSSR count). The molecule has 0 radical (unpaired) electrons. The molecule has 1 unspecified atom stereocenters. The summed E-state index contributed by atoms with van der Waals surface area (Å²) in [6, 6.07) is 15.2. The van der Waals surface area contributed by atoms with Gasteiger partial charge < -0.3 is 9.84 Å². The van der Waals surface area contributed by atoms with Gasteiger partial charge in [-0.2, -0.15) is 0 Å². The van der Waals surface area contributed by atoms with Crippen LogP contribution in [-0.2, 0) is 9.59 Å². The fourth-order valence-corrected chi connectivity index (χ4v) is 4.49. The zero-order valence-electron chi connectivity index (χ0n) is 18.4. The predicted molar refractivity (Wildman–Crippen MR) is 130 cm³/mol. The Morgan fingerprint density at radius 3 is 2.30 bits per heavy atom. The van der Waals surface area contributed by atoms with Crippen molar-refractivity contribution in [2.75, 3.05) is 12.0 Å². The number of aliphatic hydroxyl groups is 1. The Morgan fingerprint density at radius 2 is 1.73 bits per heavy atom. The molecule has 1 aliphatic rings. The van der Waals surface area contributed by atoms with Gasteiger partial charge in [-0.3, -0.25) is 19.5 Å². The van der Waals surface area contributed by atoms with Gasteiger partial charge in [0.2, 0.25) is 0 Å². The van der Waals surface area contributed by atoms with Crippen molar-refractivity contribution < 1.29 is 19.4 Å². The van der Waals surface area contributed by atoms with Crippen LogP contribution >= 0.6 is 15.9 Å². The van der Waals surface area contributed by atoms with E-state index in [1.807, 2.05) is 24.3 Å². The molecule has 1 saturated heterocycles. The molecular weight excluding hydrogens is 484 g/mol. The quantitative estimate of drug-likeness (QED) is 0.276. The van der Waals surface area contributed by atoms with E-state index >= 15 is 0 Å². The number of anilines is 1. The van der Waals surface area contributed by atoms with Crippen LogP contribution in [0.4, 0.5) is 5.69 Å². The van der Waals surface area contributed by atoms with E-state index in [0.717, 1.165) is 5.56 Å². The zero-order valence-corrected chi connectivity index (χ0v) is 20.0. The average Bonchev–Trinajstić information content (AvgIpc) is 3.09. The lowest BCUT2D eigenvalue weighted by molar-refractivity contribution is -0.132. The lowest BCUT2D eigenvalue weighted by Gasteiger charge is -2.25. The van der Waals surface area contributed by atoms with Gasteiger partial charge in [0.25, 0.3) is 11.7 Å². The number of carbonyl (C=O) groups excluding carboxylic acids is 2. The maximum Gasteiger partial charge on any atom is 0.300 e. The lowest BCUT2D eigenvalue weighted by Crippen LogP contribution is -2.29. The number of hydrogen-bond acceptors (Lipinski definition) is 5. The number of ketones is 1. The Kier molecular flexibility index (Phi) is 6.33. The van der Waals surface area contributed by atoms with Crippen LogP contribution in [0, 0.1) is 0 Å². The molecule has 0 aliphatic carbocycles. The van der Waals surface area contributed by atoms with Crippen LogP contribution in [0.5, 0.6) is 5.75 Å². The second-order valence-electron chi connectivity index (χ2n) is 8.05. The van der Waals surface area contributed by atoms with Gasteiger partial charge in [-0.15, -0.1) is 0 Å². The monoisotopic (exact) mass is 506 g/mol. The van der Waals surface area contributed by atoms with E-state index in [1.165, 1.54) is 4.90 Å². The largest absolute Gasteiger partial charge is 0.507 e. The molecule has 1 aromatic heterocycles. The first-order valence-electron chi connectivity index (χ1n) is 10.5. The van der Waals surface area contributed by atoms with Gasteiger partial charge in [-0.05, 0) is 75.4 Å². The molecule has 6 nitrogen and oxygen atoms in total. The second-order valence-corrected chi connectivity index (χ2v) is 8.90. The number of halogens is 1. The Morgan fingerprint density at radius 1 is 1.06 bits per heavy atom. The number of methoxy groups -OCH3 is 1. The van der Waals surface area contributed by atoms with Gasteiger partial charge in [0.1, 0.15) is 11.5 Å². The first kappa shape index (κ1) is 22.7. The van der Waals surface area contributed by atoms with E-state index in [9.17, 15) is 14.7 Å². The summed E-state index contributed by atoms with van der Waals surface area (Å²) in [6.07, 6.45) is 3.20. The van der Waals surface area contributed by atoms with Crippen molar-refractivity contribution in [3.8, 4) is 5.75 Å². The van der Waals surface area contributed by atoms with Gasteiger partial charge in [0.15, 0.2) is 0 Å². The Bertz CT molecular complexity index is 1240. The molecule has 0 saturated carbocycles. The summed E-state index contributed by atoms with van der Waals surface area (Å²) in [7, 11) is 1.54. The third kappa shape index (κ3) is 4.16. The summed E-state index contributed by atoms with van der Waals surface area (Å²) < 4.78 is 5.87. The SMILES string of the molecule is COc1ccc(/C(O)=C2/C(=O)C(=O)N(c3ccc(C(C)C)cc3)C2c2ccncc2)cc1Br. The average molecular weight is 507 g/mol. The number of pyridine rings is 1. The molecule has 0 bridgehead atoms. The maximum atomic E-state index is 13.2. The molecule has 7 heteroatoms. The number of rotatable bonds is 5. The van der Waals surface area contributed by atoms with Crippen molar-refractivity contribution in [3.05, 3.63) is 93.7 Å². The fraction of sp³-hybridized carbons (Fsp3) is 0.192. The smallest absolute Gasteiger partial charge is 0.300 e. The highest BCUT2D eigenvalue weighted by Crippen LogP contribution is 2.42. The normalized spacial score (nSPS) is 17.6. The summed E-state index contributed by atoms with van der Waals surface area (Å²) in [5.74, 6) is -0.765. The Balaban J connectivity index is 1.89. The van der Waals surface area contributed by atoms with Crippen LogP contribution in [0.2, 0.25) is 0 Å². The molecule has 0 spiro atoms. The standard InChI is InChI=1S/C26H23BrN2O4/c1-15(2)16-4-7-19(8-5-16)29-23(17-10-12-28-13-11-17)22(25(31)26(29)32)24(30)18-6-9-21(33-3)20(27)14-18/h4-15,23,30H,1-3H3/b24-22-. The van der Waals surface area contributed by atoms with Crippen molar-refractivity contribution in [1.29, 1.82) is 0 Å². The third-order valence-electron chi connectivity index (χ3n) is 5.73. The molecule has 1 fully saturated rings. The van der Waals surface area contributed by atoms with Crippen LogP contribution in [0.25, 0.3) is 5.76 Å². The van der Waals surface area contributed by atoms with Crippen molar-refractivity contribution in [2.24, 2.45) is 0 Å². The van der Waals surface area contributed by atoms with E-state index < -0.39 is 17.7 Å². The highest BCUT2D eigenvalue weighted by atomic mass is 79.9. The first-order chi connectivity index (χ1) is 15.8. The fourth-order valence-electron chi connectivity index (χ4n) is 3.95. The summed E-state index contributed by atoms with van der Waals surface area (Å²) in [5, 5.41) is 11.2. The lowest BCUT2D eigenvalue weighted by atomic mass is 9.95. The van der Waals surface area contributed by atoms with Crippen LogP contribution in [0.15, 0.2) is 77.0 Å². The van der Waals surface area contributed by atoms with Gasteiger partial charge in [-0.1, -0.05) is 26.0 Å². The molecule has 1 atom stereocenters. The van der Waals surface area contributed by atoms with E-state index in [1.54, 1.807) is 49.8 Å². The number of nitrogens with zero attached hydrogens (tertiary/aromatic N) is 2. The number of ether oxygens (including phenoxy) is 1. The van der Waals surface area contributed by atoms with E-state index in [2.05, 4.69) is 34.8 Å². The number of aromatic nitrogens is 1. The van der Waals surface area contributed by atoms with Crippen molar-refractivity contribution in [2.45, 2.75) is 25.8 Å². The van der Waals surface area contributed by atoms with Gasteiger partial charge in [0, 0.05) is 23.6 Å². The number of carbonyl (C=O) groups is 2. The van der Waals surface area contributed by atoms with Crippen molar-refractivity contribution in [1.82, 2.24) is 4.98 Å². The molecule has 168 valence electrons. The summed E-state index contributed by atoms with van der Waals surface area (Å²) in [5.41, 5.74) is 2.80. The van der Waals surface area contributed by atoms with E-state index in [-0.39, 0.29) is 11.3 Å². The molecule has 33 heavy (non-hydrogen) atoms. The molecular formula is C26H23BrN2O4. The number of benzene rings is 2. The van der Waals surface area contributed by atoms with Crippen molar-refractivity contribution in [3.63, 3.8) is 0 Å². The number of amides is 1. The van der Waals surface area contributed by atoms with E-state index in [0.29, 0.717) is 33.0 Å². The van der Waals surface area contributed by atoms with E-state index in [4.69, 9.17) is 4.74 Å². The summed E-state index contributed by atoms with van der Waals surface area (Å²) >= 11 is 3.41. The van der Waals surface area contributed by atoms with Crippen LogP contribution in [0.1, 0.15) is 42.5 Å². The number of aliphatic hydroxyl groups excluding tert-OH is 1. The van der Waals surface area contributed by atoms with Gasteiger partial charge in [-0.25, -0.2) is 0 Å². The van der Waals surface area contributed by atoms with Gasteiger partial charge in [0.05, 0.1) is 23.2 Å². The van der Waals surface area contributed by atoms with Crippen LogP contribution in [-0.4, -0.2) is 28.9 Å². The topological polar surface area (TPSA) is 79.7 Å². The number of Topliss-reactive ketones (excluding diaryl/α,β-unsaturated/α-hetero) is 1. The minimum atomic E-state index is -0.793. The molecule has 2 aromatic carbocycles. The molecule has 1 aliphatic heterocycles. The maximum absolute atomic E-state index is 13.2. The minimum absolute atomic E-state index is 0.0243. The highest BCUT2D eigenvalue weighted by molar-refractivity contribution is 9.10. The Hall–Kier alpha value is -3.45. The minimum Gasteiger partial charge on any atom is -0.507 e. The zero-order chi connectivity index (χ0) is 23.7. The Labute approximate surface area is 200 Å². The van der Waals surface area contributed by atoms with Gasteiger partial charge >= 0.3 is 0 Å². The van der Waals surface area contributed by atoms with Crippen molar-refractivity contribution >= 4 is 39.1 Å². The number of hydrogen-bond donors (Lipinski definition) is 1. The molecule has 1 amide bonds. The summed E-state index contributed by atoms with van der Waals surface area (Å²) in [4.78, 5) is 31.9. The molecule has 3 aromatic rings. The molecule has 1 N–H and O–H groups in total. The van der Waals surface area contributed by atoms with Crippen LogP contribution < -0.4 is 9.64 Å². The first-order valence-corrected chi connectivity index (χ1v) is 11.3. The van der Waals surface area contributed by atoms with Crippen LogP contribution in [0.3, 0.4) is 0 Å². The predicted octanol–water partition coefficient (Wildman–Crippen LogP) is 5.60. The molecule has 2 heterocycles. The second kappa shape index (κ2) is 9.19. The highest BCUT2D eigenvalue weighted by Gasteiger charge is 2.47. The third-order valence-corrected chi connectivity index (χ3v) is 6.35. The summed E-state index contributed by atoms with van der Waals surface area (Å²) in [6.45, 7) is 4.18.